The van der Waals surface area contributed by atoms with Gasteiger partial charge in [0.15, 0.2) is 0 Å². The largest absolute Gasteiger partial charge is 0.381 e. The van der Waals surface area contributed by atoms with Crippen LogP contribution in [0.4, 0.5) is 10.1 Å². The molecule has 4 saturated heterocycles. The SMILES string of the molecule is Fc1ccc(N2C3NC4CNNC4CC3C(I)C2C2CCOCC2)cc1. The fourth-order valence-electron chi connectivity index (χ4n) is 5.38. The van der Waals surface area contributed by atoms with Crippen LogP contribution in [0.1, 0.15) is 19.3 Å². The number of alkyl halides is 1. The number of rotatable bonds is 2. The van der Waals surface area contributed by atoms with Crippen LogP contribution in [-0.2, 0) is 4.74 Å². The van der Waals surface area contributed by atoms with Crippen molar-refractivity contribution in [1.82, 2.24) is 16.2 Å². The molecule has 4 fully saturated rings. The number of hydrogen-bond donors (Lipinski definition) is 3. The normalized spacial score (nSPS) is 40.5. The van der Waals surface area contributed by atoms with Crippen LogP contribution < -0.4 is 21.1 Å². The number of halogens is 2. The van der Waals surface area contributed by atoms with Gasteiger partial charge in [-0.1, -0.05) is 22.6 Å². The van der Waals surface area contributed by atoms with E-state index in [4.69, 9.17) is 4.74 Å². The van der Waals surface area contributed by atoms with Gasteiger partial charge in [-0.25, -0.2) is 4.39 Å². The number of fused-ring (bicyclic) bond motifs is 2. The van der Waals surface area contributed by atoms with Gasteiger partial charge in [-0.05, 0) is 49.4 Å². The Bertz CT molecular complexity index is 641. The van der Waals surface area contributed by atoms with E-state index < -0.39 is 0 Å². The van der Waals surface area contributed by atoms with Gasteiger partial charge in [0.05, 0.1) is 6.17 Å². The van der Waals surface area contributed by atoms with Crippen LogP contribution in [0.15, 0.2) is 24.3 Å². The Labute approximate surface area is 167 Å². The van der Waals surface area contributed by atoms with Gasteiger partial charge in [0, 0.05) is 53.4 Å². The van der Waals surface area contributed by atoms with Gasteiger partial charge in [0.1, 0.15) is 5.82 Å². The number of nitrogens with zero attached hydrogens (tertiary/aromatic N) is 1. The standard InChI is InChI=1S/C19H26FIN4O/c20-12-1-3-13(4-2-12)25-18(11-5-7-26-8-6-11)17(21)14-9-15-16(10-22-24-15)23-19(14)25/h1-4,11,14-19,22-24H,5-10H2. The average Bonchev–Trinajstić information content (AvgIpc) is 3.24. The molecule has 0 radical (unpaired) electrons. The maximum Gasteiger partial charge on any atom is 0.123 e. The van der Waals surface area contributed by atoms with Gasteiger partial charge in [0.2, 0.25) is 0 Å². The molecule has 0 amide bonds. The molecule has 0 aromatic heterocycles. The van der Waals surface area contributed by atoms with E-state index in [1.165, 1.54) is 6.42 Å². The van der Waals surface area contributed by atoms with Crippen molar-refractivity contribution >= 4 is 28.3 Å². The molecule has 5 nitrogen and oxygen atoms in total. The van der Waals surface area contributed by atoms with Crippen LogP contribution in [0.25, 0.3) is 0 Å². The summed E-state index contributed by atoms with van der Waals surface area (Å²) in [7, 11) is 0. The van der Waals surface area contributed by atoms with Gasteiger partial charge in [-0.15, -0.1) is 0 Å². The molecule has 3 N–H and O–H groups in total. The average molecular weight is 472 g/mol. The summed E-state index contributed by atoms with van der Waals surface area (Å²) in [5.41, 5.74) is 7.89. The van der Waals surface area contributed by atoms with Crippen LogP contribution in [0.3, 0.4) is 0 Å². The van der Waals surface area contributed by atoms with Crippen molar-refractivity contribution < 1.29 is 9.13 Å². The minimum Gasteiger partial charge on any atom is -0.381 e. The maximum absolute atomic E-state index is 13.5. The Hall–Kier alpha value is -0.480. The van der Waals surface area contributed by atoms with Crippen molar-refractivity contribution in [3.05, 3.63) is 30.1 Å². The van der Waals surface area contributed by atoms with Crippen molar-refractivity contribution in [1.29, 1.82) is 0 Å². The minimum absolute atomic E-state index is 0.168. The molecule has 4 aliphatic heterocycles. The number of nitrogens with one attached hydrogen (secondary N) is 3. The van der Waals surface area contributed by atoms with E-state index in [1.807, 2.05) is 12.1 Å². The molecule has 4 aliphatic rings. The Morgan fingerprint density at radius 1 is 1.12 bits per heavy atom. The maximum atomic E-state index is 13.5. The predicted octanol–water partition coefficient (Wildman–Crippen LogP) is 2.03. The van der Waals surface area contributed by atoms with Crippen molar-refractivity contribution in [3.8, 4) is 0 Å². The fourth-order valence-corrected chi connectivity index (χ4v) is 7.00. The van der Waals surface area contributed by atoms with E-state index in [9.17, 15) is 4.39 Å². The highest BCUT2D eigenvalue weighted by Crippen LogP contribution is 2.47. The second kappa shape index (κ2) is 7.16. The molecule has 5 rings (SSSR count). The first-order valence-electron chi connectivity index (χ1n) is 9.72. The quantitative estimate of drug-likeness (QED) is 0.455. The van der Waals surface area contributed by atoms with E-state index in [0.717, 1.165) is 38.3 Å². The van der Waals surface area contributed by atoms with Crippen molar-refractivity contribution in [2.45, 2.75) is 47.5 Å². The predicted molar refractivity (Wildman–Crippen MR) is 108 cm³/mol. The Morgan fingerprint density at radius 3 is 2.65 bits per heavy atom. The number of ether oxygens (including phenoxy) is 1. The molecule has 1 aromatic rings. The number of anilines is 1. The summed E-state index contributed by atoms with van der Waals surface area (Å²) < 4.78 is 19.7. The molecule has 142 valence electrons. The summed E-state index contributed by atoms with van der Waals surface area (Å²) in [6.45, 7) is 2.68. The number of hydrazine groups is 1. The van der Waals surface area contributed by atoms with E-state index in [2.05, 4.69) is 43.7 Å². The monoisotopic (exact) mass is 472 g/mol. The molecule has 26 heavy (non-hydrogen) atoms. The molecular weight excluding hydrogens is 446 g/mol. The third kappa shape index (κ3) is 2.96. The molecule has 0 saturated carbocycles. The molecule has 0 bridgehead atoms. The van der Waals surface area contributed by atoms with Gasteiger partial charge < -0.3 is 9.64 Å². The molecule has 6 atom stereocenters. The van der Waals surface area contributed by atoms with Gasteiger partial charge in [-0.3, -0.25) is 16.2 Å². The zero-order chi connectivity index (χ0) is 17.7. The zero-order valence-corrected chi connectivity index (χ0v) is 16.9. The Kier molecular flexibility index (Phi) is 4.85. The summed E-state index contributed by atoms with van der Waals surface area (Å²) >= 11 is 2.69. The smallest absolute Gasteiger partial charge is 0.123 e. The summed E-state index contributed by atoms with van der Waals surface area (Å²) in [5.74, 6) is 1.05. The van der Waals surface area contributed by atoms with E-state index in [1.54, 1.807) is 12.1 Å². The first-order valence-corrected chi connectivity index (χ1v) is 11.0. The third-order valence-electron chi connectivity index (χ3n) is 6.64. The molecule has 1 aromatic carbocycles. The highest BCUT2D eigenvalue weighted by Gasteiger charge is 2.54. The van der Waals surface area contributed by atoms with Crippen LogP contribution >= 0.6 is 22.6 Å². The molecule has 0 spiro atoms. The molecule has 4 heterocycles. The second-order valence-corrected chi connectivity index (χ2v) is 9.46. The molecule has 7 heteroatoms. The van der Waals surface area contributed by atoms with Crippen molar-refractivity contribution in [2.24, 2.45) is 11.8 Å². The van der Waals surface area contributed by atoms with Crippen LogP contribution in [0.2, 0.25) is 0 Å². The van der Waals surface area contributed by atoms with E-state index in [-0.39, 0.29) is 5.82 Å². The lowest BCUT2D eigenvalue weighted by Crippen LogP contribution is -2.60. The third-order valence-corrected chi connectivity index (χ3v) is 8.30. The summed E-state index contributed by atoms with van der Waals surface area (Å²) in [6, 6.07) is 8.51. The zero-order valence-electron chi connectivity index (χ0n) is 14.7. The molecule has 0 aliphatic carbocycles. The lowest BCUT2D eigenvalue weighted by molar-refractivity contribution is 0.0592. The fraction of sp³-hybridized carbons (Fsp3) is 0.684. The van der Waals surface area contributed by atoms with E-state index in [0.29, 0.717) is 40.1 Å². The summed E-state index contributed by atoms with van der Waals surface area (Å²) in [4.78, 5) is 2.58. The first kappa shape index (κ1) is 17.6. The minimum atomic E-state index is -0.168. The van der Waals surface area contributed by atoms with Gasteiger partial charge >= 0.3 is 0 Å². The summed E-state index contributed by atoms with van der Waals surface area (Å²) in [6.07, 6.45) is 3.74. The second-order valence-electron chi connectivity index (χ2n) is 8.02. The first-order chi connectivity index (χ1) is 12.7. The number of benzene rings is 1. The number of hydrogen-bond acceptors (Lipinski definition) is 5. The molecular formula is C19H26FIN4O. The Morgan fingerprint density at radius 2 is 1.88 bits per heavy atom. The molecule has 6 unspecified atom stereocenters. The highest BCUT2D eigenvalue weighted by molar-refractivity contribution is 14.1. The van der Waals surface area contributed by atoms with Crippen molar-refractivity contribution in [3.63, 3.8) is 0 Å². The van der Waals surface area contributed by atoms with Gasteiger partial charge in [0.25, 0.3) is 0 Å². The lowest BCUT2D eigenvalue weighted by Gasteiger charge is -2.42. The summed E-state index contributed by atoms with van der Waals surface area (Å²) in [5, 5.41) is 3.91. The topological polar surface area (TPSA) is 48.6 Å². The van der Waals surface area contributed by atoms with Crippen LogP contribution in [0, 0.1) is 17.7 Å². The van der Waals surface area contributed by atoms with Crippen LogP contribution in [-0.4, -0.2) is 48.0 Å². The number of piperidine rings is 1. The van der Waals surface area contributed by atoms with Crippen molar-refractivity contribution in [2.75, 3.05) is 24.7 Å². The Balaban J connectivity index is 1.50. The van der Waals surface area contributed by atoms with Gasteiger partial charge in [-0.2, -0.15) is 0 Å². The lowest BCUT2D eigenvalue weighted by atomic mass is 9.84. The van der Waals surface area contributed by atoms with Crippen LogP contribution in [0.5, 0.6) is 0 Å². The highest BCUT2D eigenvalue weighted by atomic mass is 127. The van der Waals surface area contributed by atoms with E-state index >= 15 is 0 Å².